The van der Waals surface area contributed by atoms with Crippen molar-refractivity contribution < 1.29 is 14.6 Å². The van der Waals surface area contributed by atoms with Gasteiger partial charge in [0.1, 0.15) is 5.75 Å². The molecule has 3 aromatic rings. The minimum absolute atomic E-state index is 0.139. The molecule has 0 bridgehead atoms. The van der Waals surface area contributed by atoms with Crippen molar-refractivity contribution in [1.82, 2.24) is 15.2 Å². The van der Waals surface area contributed by atoms with Crippen molar-refractivity contribution in [2.75, 3.05) is 7.11 Å². The van der Waals surface area contributed by atoms with Crippen molar-refractivity contribution in [2.45, 2.75) is 6.92 Å². The molecule has 6 nitrogen and oxygen atoms in total. The van der Waals surface area contributed by atoms with Crippen LogP contribution >= 0.6 is 0 Å². The van der Waals surface area contributed by atoms with Crippen molar-refractivity contribution in [3.05, 3.63) is 41.9 Å². The Hall–Kier alpha value is -2.89. The Morgan fingerprint density at radius 1 is 1.38 bits per heavy atom. The van der Waals surface area contributed by atoms with Crippen LogP contribution in [0.25, 0.3) is 22.0 Å². The van der Waals surface area contributed by atoms with Gasteiger partial charge >= 0.3 is 5.97 Å². The van der Waals surface area contributed by atoms with Crippen LogP contribution in [0.4, 0.5) is 0 Å². The van der Waals surface area contributed by atoms with Gasteiger partial charge in [0.15, 0.2) is 0 Å². The number of carboxylic acid groups (broad SMARTS) is 1. The molecule has 2 heterocycles. The van der Waals surface area contributed by atoms with Crippen LogP contribution in [0.2, 0.25) is 0 Å². The van der Waals surface area contributed by atoms with Crippen LogP contribution in [-0.2, 0) is 0 Å². The van der Waals surface area contributed by atoms with Crippen molar-refractivity contribution in [3.8, 4) is 16.9 Å². The summed E-state index contributed by atoms with van der Waals surface area (Å²) in [5.74, 6) is -0.378. The lowest BCUT2D eigenvalue weighted by atomic mass is 9.97. The van der Waals surface area contributed by atoms with Crippen molar-refractivity contribution >= 4 is 16.9 Å². The number of aromatic amines is 1. The van der Waals surface area contributed by atoms with E-state index in [1.165, 1.54) is 6.20 Å². The first-order chi connectivity index (χ1) is 10.1. The molecule has 21 heavy (non-hydrogen) atoms. The lowest BCUT2D eigenvalue weighted by molar-refractivity contribution is 0.0697. The Bertz CT molecular complexity index is 839. The van der Waals surface area contributed by atoms with Gasteiger partial charge in [0.05, 0.1) is 23.9 Å². The van der Waals surface area contributed by atoms with E-state index < -0.39 is 5.97 Å². The molecule has 2 aromatic heterocycles. The van der Waals surface area contributed by atoms with Crippen LogP contribution in [0.3, 0.4) is 0 Å². The number of methoxy groups -OCH3 is 1. The molecule has 0 aliphatic carbocycles. The maximum absolute atomic E-state index is 11.5. The van der Waals surface area contributed by atoms with Crippen LogP contribution in [0.15, 0.2) is 30.6 Å². The Morgan fingerprint density at radius 3 is 2.81 bits per heavy atom. The van der Waals surface area contributed by atoms with Gasteiger partial charge in [-0.05, 0) is 25.1 Å². The molecule has 0 unspecified atom stereocenters. The Kier molecular flexibility index (Phi) is 3.06. The van der Waals surface area contributed by atoms with Gasteiger partial charge in [-0.15, -0.1) is 0 Å². The predicted octanol–water partition coefficient (Wildman–Crippen LogP) is 2.64. The van der Waals surface area contributed by atoms with E-state index in [0.717, 1.165) is 16.6 Å². The van der Waals surface area contributed by atoms with Gasteiger partial charge in [-0.25, -0.2) is 4.79 Å². The average molecular weight is 283 g/mol. The van der Waals surface area contributed by atoms with Gasteiger partial charge in [0.25, 0.3) is 0 Å². The third kappa shape index (κ3) is 2.10. The van der Waals surface area contributed by atoms with E-state index in [-0.39, 0.29) is 5.56 Å². The molecule has 0 amide bonds. The molecule has 1 aromatic carbocycles. The van der Waals surface area contributed by atoms with Crippen molar-refractivity contribution in [3.63, 3.8) is 0 Å². The van der Waals surface area contributed by atoms with Crippen molar-refractivity contribution in [2.24, 2.45) is 0 Å². The monoisotopic (exact) mass is 283 g/mol. The number of aryl methyl sites for hydroxylation is 1. The Morgan fingerprint density at radius 2 is 2.19 bits per heavy atom. The van der Waals surface area contributed by atoms with Gasteiger partial charge in [-0.1, -0.05) is 0 Å². The number of nitrogens with one attached hydrogen (secondary N) is 1. The number of hydrogen-bond acceptors (Lipinski definition) is 4. The fourth-order valence-electron chi connectivity index (χ4n) is 2.36. The molecular weight excluding hydrogens is 270 g/mol. The smallest absolute Gasteiger partial charge is 0.337 e. The fourth-order valence-corrected chi connectivity index (χ4v) is 2.36. The molecule has 0 atom stereocenters. The maximum atomic E-state index is 11.5. The molecule has 0 fully saturated rings. The first kappa shape index (κ1) is 13.1. The normalized spacial score (nSPS) is 10.8. The van der Waals surface area contributed by atoms with E-state index in [2.05, 4.69) is 15.2 Å². The minimum atomic E-state index is -1.03. The fraction of sp³-hybridized carbons (Fsp3) is 0.133. The summed E-state index contributed by atoms with van der Waals surface area (Å²) < 4.78 is 5.23. The standard InChI is InChI=1S/C15H13N3O3/c1-8-11(7-17-18-8)14-10-5-9(21-2)3-4-13(10)16-6-12(14)15(19)20/h3-7H,1-2H3,(H,17,18)(H,19,20). The molecule has 0 spiro atoms. The average Bonchev–Trinajstić information content (AvgIpc) is 2.91. The largest absolute Gasteiger partial charge is 0.497 e. The zero-order chi connectivity index (χ0) is 15.0. The van der Waals surface area contributed by atoms with E-state index >= 15 is 0 Å². The number of fused-ring (bicyclic) bond motifs is 1. The maximum Gasteiger partial charge on any atom is 0.337 e. The number of rotatable bonds is 3. The predicted molar refractivity (Wildman–Crippen MR) is 77.6 cm³/mol. The molecule has 0 aliphatic heterocycles. The van der Waals surface area contributed by atoms with Crippen LogP contribution in [0.5, 0.6) is 5.75 Å². The SMILES string of the molecule is COc1ccc2ncc(C(=O)O)c(-c3c[nH]nc3C)c2c1. The molecule has 0 saturated heterocycles. The number of carboxylic acids is 1. The van der Waals surface area contributed by atoms with Gasteiger partial charge in [-0.2, -0.15) is 5.10 Å². The second kappa shape index (κ2) is 4.90. The zero-order valence-electron chi connectivity index (χ0n) is 11.5. The summed E-state index contributed by atoms with van der Waals surface area (Å²) in [6.45, 7) is 1.82. The van der Waals surface area contributed by atoms with Gasteiger partial charge in [0, 0.05) is 28.9 Å². The van der Waals surface area contributed by atoms with Crippen LogP contribution in [-0.4, -0.2) is 33.4 Å². The zero-order valence-corrected chi connectivity index (χ0v) is 11.5. The second-order valence-electron chi connectivity index (χ2n) is 4.62. The van der Waals surface area contributed by atoms with Gasteiger partial charge in [0.2, 0.25) is 0 Å². The van der Waals surface area contributed by atoms with E-state index in [9.17, 15) is 9.90 Å². The highest BCUT2D eigenvalue weighted by Crippen LogP contribution is 2.34. The molecule has 0 radical (unpaired) electrons. The van der Waals surface area contributed by atoms with Gasteiger partial charge < -0.3 is 9.84 Å². The van der Waals surface area contributed by atoms with Crippen molar-refractivity contribution in [1.29, 1.82) is 0 Å². The number of ether oxygens (including phenoxy) is 1. The molecule has 106 valence electrons. The summed E-state index contributed by atoms with van der Waals surface area (Å²) in [4.78, 5) is 15.7. The number of aromatic nitrogens is 3. The summed E-state index contributed by atoms with van der Waals surface area (Å²) in [5, 5.41) is 17.0. The van der Waals surface area contributed by atoms with Crippen LogP contribution in [0, 0.1) is 6.92 Å². The lowest BCUT2D eigenvalue weighted by Gasteiger charge is -2.10. The highest BCUT2D eigenvalue weighted by molar-refractivity contribution is 6.06. The number of H-pyrrole nitrogens is 1. The molecule has 0 aliphatic rings. The van der Waals surface area contributed by atoms with E-state index in [1.54, 1.807) is 31.5 Å². The topological polar surface area (TPSA) is 88.1 Å². The lowest BCUT2D eigenvalue weighted by Crippen LogP contribution is -2.02. The third-order valence-electron chi connectivity index (χ3n) is 3.41. The Labute approximate surface area is 120 Å². The number of hydrogen-bond donors (Lipinski definition) is 2. The molecule has 6 heteroatoms. The molecule has 0 saturated carbocycles. The first-order valence-corrected chi connectivity index (χ1v) is 6.32. The van der Waals surface area contributed by atoms with Crippen LogP contribution < -0.4 is 4.74 Å². The summed E-state index contributed by atoms with van der Waals surface area (Å²) in [6, 6.07) is 5.39. The van der Waals surface area contributed by atoms with E-state index in [4.69, 9.17) is 4.74 Å². The quantitative estimate of drug-likeness (QED) is 0.771. The number of aromatic carboxylic acids is 1. The summed E-state index contributed by atoms with van der Waals surface area (Å²) in [6.07, 6.45) is 3.06. The van der Waals surface area contributed by atoms with E-state index in [0.29, 0.717) is 16.8 Å². The second-order valence-corrected chi connectivity index (χ2v) is 4.62. The first-order valence-electron chi connectivity index (χ1n) is 6.32. The number of benzene rings is 1. The summed E-state index contributed by atoms with van der Waals surface area (Å²) >= 11 is 0. The summed E-state index contributed by atoms with van der Waals surface area (Å²) in [7, 11) is 1.57. The molecule has 2 N–H and O–H groups in total. The highest BCUT2D eigenvalue weighted by atomic mass is 16.5. The minimum Gasteiger partial charge on any atom is -0.497 e. The third-order valence-corrected chi connectivity index (χ3v) is 3.41. The number of pyridine rings is 1. The number of nitrogens with zero attached hydrogens (tertiary/aromatic N) is 2. The molecule has 3 rings (SSSR count). The summed E-state index contributed by atoms with van der Waals surface area (Å²) in [5.41, 5.74) is 2.91. The highest BCUT2D eigenvalue weighted by Gasteiger charge is 2.19. The van der Waals surface area contributed by atoms with E-state index in [1.807, 2.05) is 6.92 Å². The van der Waals surface area contributed by atoms with Crippen LogP contribution in [0.1, 0.15) is 16.1 Å². The molecular formula is C15H13N3O3. The number of carbonyl (C=O) groups is 1. The Balaban J connectivity index is 2.43. The van der Waals surface area contributed by atoms with Gasteiger partial charge in [-0.3, -0.25) is 10.1 Å².